The minimum absolute atomic E-state index is 0.0839. The minimum Gasteiger partial charge on any atom is -0.383 e. The van der Waals surface area contributed by atoms with Gasteiger partial charge >= 0.3 is 0 Å². The van der Waals surface area contributed by atoms with Gasteiger partial charge in [0.25, 0.3) is 5.56 Å². The van der Waals surface area contributed by atoms with E-state index in [1.165, 1.54) is 17.1 Å². The van der Waals surface area contributed by atoms with Gasteiger partial charge < -0.3 is 9.30 Å². The third kappa shape index (κ3) is 4.14. The second-order valence-electron chi connectivity index (χ2n) is 8.70. The predicted octanol–water partition coefficient (Wildman–Crippen LogP) is 3.71. The van der Waals surface area contributed by atoms with Crippen molar-refractivity contribution >= 4 is 16.8 Å². The number of nitrogens with zero attached hydrogens (tertiary/aromatic N) is 5. The van der Waals surface area contributed by atoms with E-state index in [0.29, 0.717) is 23.2 Å². The molecule has 0 saturated carbocycles. The fourth-order valence-corrected chi connectivity index (χ4v) is 4.62. The molecule has 172 valence electrons. The molecular formula is C25H29N5O3. The topological polar surface area (TPSA) is 83.9 Å². The third-order valence-corrected chi connectivity index (χ3v) is 5.95. The fraction of sp³-hybridized carbons (Fsp3) is 0.360. The predicted molar refractivity (Wildman–Crippen MR) is 127 cm³/mol. The molecule has 0 radical (unpaired) electrons. The van der Waals surface area contributed by atoms with E-state index in [1.54, 1.807) is 11.8 Å². The first-order chi connectivity index (χ1) is 15.7. The first-order valence-corrected chi connectivity index (χ1v) is 10.9. The van der Waals surface area contributed by atoms with E-state index >= 15 is 0 Å². The van der Waals surface area contributed by atoms with Gasteiger partial charge in [-0.25, -0.2) is 9.67 Å². The zero-order valence-electron chi connectivity index (χ0n) is 19.9. The van der Waals surface area contributed by atoms with Crippen LogP contribution in [0.15, 0.2) is 41.6 Å². The Kier molecular flexibility index (Phi) is 6.03. The fourth-order valence-electron chi connectivity index (χ4n) is 4.62. The zero-order valence-corrected chi connectivity index (χ0v) is 19.9. The van der Waals surface area contributed by atoms with Crippen LogP contribution < -0.4 is 5.56 Å². The summed E-state index contributed by atoms with van der Waals surface area (Å²) in [5.41, 5.74) is 5.69. The van der Waals surface area contributed by atoms with Gasteiger partial charge in [-0.15, -0.1) is 0 Å². The summed E-state index contributed by atoms with van der Waals surface area (Å²) in [4.78, 5) is 30.7. The van der Waals surface area contributed by atoms with Crippen molar-refractivity contribution in [3.8, 4) is 5.69 Å². The molecule has 8 heteroatoms. The van der Waals surface area contributed by atoms with Crippen LogP contribution in [0.5, 0.6) is 0 Å². The van der Waals surface area contributed by atoms with E-state index < -0.39 is 0 Å². The molecule has 1 aromatic carbocycles. The Hall–Kier alpha value is -3.52. The molecule has 0 bridgehead atoms. The molecule has 0 saturated heterocycles. The average molecular weight is 448 g/mol. The van der Waals surface area contributed by atoms with Gasteiger partial charge in [-0.3, -0.25) is 14.2 Å². The lowest BCUT2D eigenvalue weighted by Gasteiger charge is -2.17. The highest BCUT2D eigenvalue weighted by atomic mass is 16.5. The molecule has 4 rings (SSSR count). The summed E-state index contributed by atoms with van der Waals surface area (Å²) in [6.07, 6.45) is 2.94. The molecule has 0 fully saturated rings. The maximum Gasteiger partial charge on any atom is 0.264 e. The number of aryl methyl sites for hydroxylation is 3. The largest absolute Gasteiger partial charge is 0.383 e. The second-order valence-corrected chi connectivity index (χ2v) is 8.70. The highest BCUT2D eigenvalue weighted by Gasteiger charge is 2.20. The van der Waals surface area contributed by atoms with E-state index in [4.69, 9.17) is 4.74 Å². The summed E-state index contributed by atoms with van der Waals surface area (Å²) in [7, 11) is 1.66. The molecule has 0 N–H and O–H groups in total. The van der Waals surface area contributed by atoms with Gasteiger partial charge in [0.15, 0.2) is 11.4 Å². The van der Waals surface area contributed by atoms with Gasteiger partial charge in [-0.1, -0.05) is 6.07 Å². The van der Waals surface area contributed by atoms with Crippen molar-refractivity contribution in [1.82, 2.24) is 23.9 Å². The number of ketones is 1. The van der Waals surface area contributed by atoms with E-state index in [9.17, 15) is 9.59 Å². The first-order valence-electron chi connectivity index (χ1n) is 10.9. The molecule has 0 aliphatic carbocycles. The Balaban J connectivity index is 1.67. The molecule has 0 amide bonds. The molecule has 0 aliphatic heterocycles. The zero-order chi connectivity index (χ0) is 23.9. The van der Waals surface area contributed by atoms with E-state index in [0.717, 1.165) is 28.2 Å². The highest BCUT2D eigenvalue weighted by molar-refractivity contribution is 5.97. The lowest BCUT2D eigenvalue weighted by molar-refractivity contribution is 0.0969. The van der Waals surface area contributed by atoms with Crippen LogP contribution in [0.1, 0.15) is 45.8 Å². The van der Waals surface area contributed by atoms with E-state index in [1.807, 2.05) is 52.8 Å². The molecule has 8 nitrogen and oxygen atoms in total. The second kappa shape index (κ2) is 8.78. The average Bonchev–Trinajstić information content (AvgIpc) is 3.30. The van der Waals surface area contributed by atoms with Crippen molar-refractivity contribution in [2.75, 3.05) is 13.7 Å². The van der Waals surface area contributed by atoms with Crippen molar-refractivity contribution in [2.24, 2.45) is 0 Å². The van der Waals surface area contributed by atoms with E-state index in [2.05, 4.69) is 20.7 Å². The number of hydrogen-bond donors (Lipinski definition) is 0. The Labute approximate surface area is 192 Å². The van der Waals surface area contributed by atoms with Gasteiger partial charge in [-0.2, -0.15) is 5.10 Å². The van der Waals surface area contributed by atoms with Crippen LogP contribution in [0.4, 0.5) is 0 Å². The molecule has 33 heavy (non-hydrogen) atoms. The number of hydrogen-bond acceptors (Lipinski definition) is 5. The van der Waals surface area contributed by atoms with Crippen molar-refractivity contribution in [3.63, 3.8) is 0 Å². The summed E-state index contributed by atoms with van der Waals surface area (Å²) in [5.74, 6) is -0.135. The van der Waals surface area contributed by atoms with Crippen LogP contribution in [-0.2, 0) is 11.3 Å². The number of carbonyl (C=O) groups is 1. The number of fused-ring (bicyclic) bond motifs is 1. The van der Waals surface area contributed by atoms with Crippen molar-refractivity contribution in [3.05, 3.63) is 75.2 Å². The van der Waals surface area contributed by atoms with Crippen LogP contribution in [0.3, 0.4) is 0 Å². The normalized spacial score (nSPS) is 12.4. The Morgan fingerprint density at radius 1 is 1.09 bits per heavy atom. The lowest BCUT2D eigenvalue weighted by Crippen LogP contribution is -2.25. The van der Waals surface area contributed by atoms with Gasteiger partial charge in [0.1, 0.15) is 11.7 Å². The number of benzene rings is 1. The summed E-state index contributed by atoms with van der Waals surface area (Å²) < 4.78 is 10.4. The molecule has 4 aromatic rings. The van der Waals surface area contributed by atoms with Gasteiger partial charge in [-0.05, 0) is 63.9 Å². The third-order valence-electron chi connectivity index (χ3n) is 5.95. The number of ether oxygens (including phenoxy) is 1. The number of Topliss-reactive ketones (excluding diaryl/α,β-unsaturated/α-hetero) is 1. The number of carbonyl (C=O) groups excluding carboxylic acids is 1. The maximum absolute atomic E-state index is 13.1. The lowest BCUT2D eigenvalue weighted by atomic mass is 10.1. The highest BCUT2D eigenvalue weighted by Crippen LogP contribution is 2.22. The quantitative estimate of drug-likeness (QED) is 0.403. The van der Waals surface area contributed by atoms with E-state index in [-0.39, 0.29) is 23.9 Å². The van der Waals surface area contributed by atoms with Crippen molar-refractivity contribution in [1.29, 1.82) is 0 Å². The SMILES string of the molecule is COCC(C)n1c(C)cc(C(=O)Cn2cnc3c(cnn3-c3cc(C)cc(C)c3)c2=O)c1C. The van der Waals surface area contributed by atoms with Crippen molar-refractivity contribution in [2.45, 2.75) is 47.2 Å². The number of rotatable bonds is 7. The van der Waals surface area contributed by atoms with Crippen LogP contribution in [0, 0.1) is 27.7 Å². The molecule has 1 unspecified atom stereocenters. The van der Waals surface area contributed by atoms with Gasteiger partial charge in [0.2, 0.25) is 0 Å². The Bertz CT molecular complexity index is 1390. The Morgan fingerprint density at radius 3 is 2.45 bits per heavy atom. The summed E-state index contributed by atoms with van der Waals surface area (Å²) in [6, 6.07) is 8.05. The Morgan fingerprint density at radius 2 is 1.79 bits per heavy atom. The standard InChI is InChI=1S/C25H29N5O3/c1-15-7-16(2)9-20(8-15)30-24-22(11-27-30)25(32)28(14-26-24)12-23(31)21-10-17(3)29(19(21)5)18(4)13-33-6/h7-11,14,18H,12-13H2,1-6H3. The van der Waals surface area contributed by atoms with Crippen LogP contribution in [0.25, 0.3) is 16.7 Å². The van der Waals surface area contributed by atoms with Gasteiger partial charge in [0.05, 0.1) is 31.1 Å². The van der Waals surface area contributed by atoms with Crippen LogP contribution in [-0.4, -0.2) is 43.4 Å². The monoisotopic (exact) mass is 447 g/mol. The number of aromatic nitrogens is 5. The summed E-state index contributed by atoms with van der Waals surface area (Å²) in [6.45, 7) is 10.4. The maximum atomic E-state index is 13.1. The minimum atomic E-state index is -0.287. The van der Waals surface area contributed by atoms with Crippen LogP contribution >= 0.6 is 0 Å². The molecule has 0 spiro atoms. The smallest absolute Gasteiger partial charge is 0.264 e. The van der Waals surface area contributed by atoms with Gasteiger partial charge in [0, 0.05) is 24.1 Å². The molecular weight excluding hydrogens is 418 g/mol. The summed E-state index contributed by atoms with van der Waals surface area (Å²) in [5, 5.41) is 4.77. The summed E-state index contributed by atoms with van der Waals surface area (Å²) >= 11 is 0. The molecule has 0 aliphatic rings. The molecule has 1 atom stereocenters. The van der Waals surface area contributed by atoms with Crippen molar-refractivity contribution < 1.29 is 9.53 Å². The molecule has 3 aromatic heterocycles. The molecule has 3 heterocycles. The number of methoxy groups -OCH3 is 1. The van der Waals surface area contributed by atoms with Crippen LogP contribution in [0.2, 0.25) is 0 Å². The first kappa shape index (κ1) is 22.7.